The van der Waals surface area contributed by atoms with Crippen LogP contribution < -0.4 is 5.32 Å². The zero-order valence-electron chi connectivity index (χ0n) is 12.4. The third-order valence-electron chi connectivity index (χ3n) is 4.95. The number of hydrogen-bond acceptors (Lipinski definition) is 2. The molecule has 3 nitrogen and oxygen atoms in total. The Hall–Kier alpha value is -1.20. The highest BCUT2D eigenvalue weighted by atomic mass is 35.5. The van der Waals surface area contributed by atoms with Gasteiger partial charge in [0.15, 0.2) is 0 Å². The van der Waals surface area contributed by atoms with E-state index in [1.807, 2.05) is 0 Å². The summed E-state index contributed by atoms with van der Waals surface area (Å²) in [4.78, 5) is 13.9. The van der Waals surface area contributed by atoms with Crippen molar-refractivity contribution >= 4 is 18.3 Å². The van der Waals surface area contributed by atoms with E-state index < -0.39 is 23.1 Å². The van der Waals surface area contributed by atoms with E-state index in [4.69, 9.17) is 0 Å². The minimum atomic E-state index is -0.776. The van der Waals surface area contributed by atoms with Crippen molar-refractivity contribution in [2.24, 2.45) is 5.41 Å². The Morgan fingerprint density at radius 1 is 1.05 bits per heavy atom. The van der Waals surface area contributed by atoms with Gasteiger partial charge in [0, 0.05) is 13.1 Å². The predicted molar refractivity (Wildman–Crippen MR) is 83.3 cm³/mol. The molecule has 1 amide bonds. The van der Waals surface area contributed by atoms with Crippen LogP contribution in [0.2, 0.25) is 0 Å². The van der Waals surface area contributed by atoms with Crippen LogP contribution in [0.25, 0.3) is 0 Å². The number of rotatable bonds is 1. The molecule has 0 atom stereocenters. The molecular weight excluding hydrogens is 310 g/mol. The minimum Gasteiger partial charge on any atom is -0.338 e. The van der Waals surface area contributed by atoms with Gasteiger partial charge < -0.3 is 10.2 Å². The minimum absolute atomic E-state index is 0. The molecule has 2 heterocycles. The maximum absolute atomic E-state index is 13.7. The number of likely N-dealkylation sites (tertiary alicyclic amines) is 1. The summed E-state index contributed by atoms with van der Waals surface area (Å²) in [5, 5.41) is 3.35. The second-order valence-electron chi connectivity index (χ2n) is 6.14. The standard InChI is InChI=1S/C16H20F2N2O.ClH/c17-12-2-1-3-13(18)14(12)15(21)20-10-6-16(7-11-20)4-8-19-9-5-16;/h1-3,19H,4-11H2;1H. The van der Waals surface area contributed by atoms with Crippen molar-refractivity contribution in [3.63, 3.8) is 0 Å². The number of amides is 1. The first-order chi connectivity index (χ1) is 10.1. The van der Waals surface area contributed by atoms with E-state index in [1.54, 1.807) is 4.90 Å². The highest BCUT2D eigenvalue weighted by Gasteiger charge is 2.37. The van der Waals surface area contributed by atoms with Crippen LogP contribution in [0.5, 0.6) is 0 Å². The van der Waals surface area contributed by atoms with Crippen molar-refractivity contribution < 1.29 is 13.6 Å². The highest BCUT2D eigenvalue weighted by Crippen LogP contribution is 2.39. The van der Waals surface area contributed by atoms with E-state index in [1.165, 1.54) is 6.07 Å². The quantitative estimate of drug-likeness (QED) is 0.858. The average molecular weight is 331 g/mol. The molecule has 0 aliphatic carbocycles. The number of nitrogens with zero attached hydrogens (tertiary/aromatic N) is 1. The Morgan fingerprint density at radius 2 is 1.59 bits per heavy atom. The van der Waals surface area contributed by atoms with Crippen LogP contribution in [-0.4, -0.2) is 37.0 Å². The second kappa shape index (κ2) is 6.92. The van der Waals surface area contributed by atoms with Gasteiger partial charge >= 0.3 is 0 Å². The molecule has 0 aromatic heterocycles. The molecule has 2 aliphatic rings. The van der Waals surface area contributed by atoms with Gasteiger partial charge in [-0.3, -0.25) is 4.79 Å². The molecule has 6 heteroatoms. The van der Waals surface area contributed by atoms with E-state index in [9.17, 15) is 13.6 Å². The fourth-order valence-corrected chi connectivity index (χ4v) is 3.50. The molecule has 0 bridgehead atoms. The molecule has 22 heavy (non-hydrogen) atoms. The van der Waals surface area contributed by atoms with E-state index in [0.717, 1.165) is 50.9 Å². The Morgan fingerprint density at radius 3 is 2.14 bits per heavy atom. The maximum Gasteiger partial charge on any atom is 0.259 e. The van der Waals surface area contributed by atoms with Crippen LogP contribution in [0.15, 0.2) is 18.2 Å². The second-order valence-corrected chi connectivity index (χ2v) is 6.14. The number of benzene rings is 1. The first-order valence-corrected chi connectivity index (χ1v) is 7.55. The van der Waals surface area contributed by atoms with Gasteiger partial charge in [0.25, 0.3) is 5.91 Å². The predicted octanol–water partition coefficient (Wildman–Crippen LogP) is 2.99. The number of hydrogen-bond donors (Lipinski definition) is 1. The number of halogens is 3. The number of carbonyl (C=O) groups excluding carboxylic acids is 1. The van der Waals surface area contributed by atoms with Gasteiger partial charge in [-0.25, -0.2) is 8.78 Å². The lowest BCUT2D eigenvalue weighted by Crippen LogP contribution is -2.47. The maximum atomic E-state index is 13.7. The smallest absolute Gasteiger partial charge is 0.259 e. The number of carbonyl (C=O) groups is 1. The Balaban J connectivity index is 0.00000176. The van der Waals surface area contributed by atoms with Gasteiger partial charge in [-0.1, -0.05) is 6.07 Å². The van der Waals surface area contributed by atoms with Crippen LogP contribution in [0.4, 0.5) is 8.78 Å². The fraction of sp³-hybridized carbons (Fsp3) is 0.562. The Labute approximate surface area is 135 Å². The summed E-state index contributed by atoms with van der Waals surface area (Å²) < 4.78 is 27.4. The molecule has 1 N–H and O–H groups in total. The van der Waals surface area contributed by atoms with Gasteiger partial charge in [0.1, 0.15) is 17.2 Å². The SMILES string of the molecule is Cl.O=C(c1c(F)cccc1F)N1CCC2(CCNCC2)CC1. The van der Waals surface area contributed by atoms with E-state index >= 15 is 0 Å². The fourth-order valence-electron chi connectivity index (χ4n) is 3.50. The highest BCUT2D eigenvalue weighted by molar-refractivity contribution is 5.94. The molecule has 1 aromatic carbocycles. The molecular formula is C16H21ClF2N2O. The monoisotopic (exact) mass is 330 g/mol. The van der Waals surface area contributed by atoms with Crippen molar-refractivity contribution in [1.29, 1.82) is 0 Å². The average Bonchev–Trinajstić information content (AvgIpc) is 2.48. The normalized spacial score (nSPS) is 20.5. The lowest BCUT2D eigenvalue weighted by molar-refractivity contribution is 0.0488. The van der Waals surface area contributed by atoms with Gasteiger partial charge in [-0.15, -0.1) is 12.4 Å². The molecule has 1 spiro atoms. The van der Waals surface area contributed by atoms with Crippen molar-refractivity contribution in [3.8, 4) is 0 Å². The van der Waals surface area contributed by atoms with E-state index in [0.29, 0.717) is 18.5 Å². The zero-order chi connectivity index (χ0) is 14.9. The number of piperidine rings is 2. The third kappa shape index (κ3) is 3.25. The molecule has 2 saturated heterocycles. The lowest BCUT2D eigenvalue weighted by Gasteiger charge is -2.44. The Bertz CT molecular complexity index is 517. The van der Waals surface area contributed by atoms with Gasteiger partial charge in [0.05, 0.1) is 0 Å². The van der Waals surface area contributed by atoms with Gasteiger partial charge in [0.2, 0.25) is 0 Å². The topological polar surface area (TPSA) is 32.3 Å². The summed E-state index contributed by atoms with van der Waals surface area (Å²) in [5.41, 5.74) is -0.103. The summed E-state index contributed by atoms with van der Waals surface area (Å²) >= 11 is 0. The zero-order valence-corrected chi connectivity index (χ0v) is 13.2. The largest absolute Gasteiger partial charge is 0.338 e. The van der Waals surface area contributed by atoms with Crippen LogP contribution in [0.1, 0.15) is 36.0 Å². The van der Waals surface area contributed by atoms with Crippen molar-refractivity contribution in [2.45, 2.75) is 25.7 Å². The molecule has 2 aliphatic heterocycles. The van der Waals surface area contributed by atoms with Gasteiger partial charge in [-0.2, -0.15) is 0 Å². The third-order valence-corrected chi connectivity index (χ3v) is 4.95. The molecule has 2 fully saturated rings. The van der Waals surface area contributed by atoms with Crippen molar-refractivity contribution in [2.75, 3.05) is 26.2 Å². The summed E-state index contributed by atoms with van der Waals surface area (Å²) in [6.07, 6.45) is 4.11. The molecule has 0 saturated carbocycles. The summed E-state index contributed by atoms with van der Waals surface area (Å²) in [7, 11) is 0. The first kappa shape index (κ1) is 17.2. The molecule has 3 rings (SSSR count). The molecule has 122 valence electrons. The Kier molecular flexibility index (Phi) is 5.40. The van der Waals surface area contributed by atoms with E-state index in [-0.39, 0.29) is 12.4 Å². The summed E-state index contributed by atoms with van der Waals surface area (Å²) in [5.74, 6) is -2.07. The van der Waals surface area contributed by atoms with Crippen LogP contribution in [0, 0.1) is 17.0 Å². The molecule has 0 unspecified atom stereocenters. The van der Waals surface area contributed by atoms with Crippen molar-refractivity contribution in [1.82, 2.24) is 10.2 Å². The lowest BCUT2D eigenvalue weighted by atomic mass is 9.71. The first-order valence-electron chi connectivity index (χ1n) is 7.55. The van der Waals surface area contributed by atoms with Crippen molar-refractivity contribution in [3.05, 3.63) is 35.4 Å². The molecule has 0 radical (unpaired) electrons. The van der Waals surface area contributed by atoms with Crippen LogP contribution >= 0.6 is 12.4 Å². The summed E-state index contributed by atoms with van der Waals surface area (Å²) in [6.45, 7) is 3.23. The molecule has 1 aromatic rings. The summed E-state index contributed by atoms with van der Waals surface area (Å²) in [6, 6.07) is 3.55. The van der Waals surface area contributed by atoms with Crippen LogP contribution in [0.3, 0.4) is 0 Å². The number of nitrogens with one attached hydrogen (secondary N) is 1. The van der Waals surface area contributed by atoms with Crippen LogP contribution in [-0.2, 0) is 0 Å². The van der Waals surface area contributed by atoms with E-state index in [2.05, 4.69) is 5.32 Å². The van der Waals surface area contributed by atoms with Gasteiger partial charge in [-0.05, 0) is 56.3 Å².